The number of imide groups is 1. The summed E-state index contributed by atoms with van der Waals surface area (Å²) in [5.41, 5.74) is 0.236. The molecule has 0 aliphatic carbocycles. The molecule has 0 aromatic heterocycles. The molecule has 2 aromatic rings. The molecule has 176 valence electrons. The van der Waals surface area contributed by atoms with Crippen molar-refractivity contribution < 1.29 is 33.7 Å². The number of nitro benzene ring substituents is 1. The van der Waals surface area contributed by atoms with E-state index in [1.807, 2.05) is 0 Å². The third-order valence-electron chi connectivity index (χ3n) is 7.32. The SMILES string of the molecule is COc1ccc(C(=O)[C@H]2[C@@H]3C(=O)N(c4cc([N+](=O)[O-])ccc4OC)C(=O)[C@@H]3[C@@H]3CCC[NH+]32)cc1. The molecule has 3 saturated heterocycles. The summed E-state index contributed by atoms with van der Waals surface area (Å²) in [6.45, 7) is 0.713. The third-order valence-corrected chi connectivity index (χ3v) is 7.32. The van der Waals surface area contributed by atoms with Crippen LogP contribution in [0.3, 0.4) is 0 Å². The van der Waals surface area contributed by atoms with E-state index in [1.165, 1.54) is 32.4 Å². The number of nitro groups is 1. The molecule has 5 atom stereocenters. The van der Waals surface area contributed by atoms with E-state index in [9.17, 15) is 24.5 Å². The zero-order valence-corrected chi connectivity index (χ0v) is 18.7. The van der Waals surface area contributed by atoms with Gasteiger partial charge in [-0.3, -0.25) is 24.5 Å². The van der Waals surface area contributed by atoms with Crippen molar-refractivity contribution in [3.63, 3.8) is 0 Å². The molecule has 3 aliphatic rings. The first-order valence-electron chi connectivity index (χ1n) is 11.1. The molecule has 10 nitrogen and oxygen atoms in total. The smallest absolute Gasteiger partial charge is 0.271 e. The van der Waals surface area contributed by atoms with Crippen LogP contribution in [0.25, 0.3) is 0 Å². The number of nitrogens with one attached hydrogen (secondary N) is 1. The summed E-state index contributed by atoms with van der Waals surface area (Å²) in [6.07, 6.45) is 1.60. The Kier molecular flexibility index (Phi) is 5.32. The highest BCUT2D eigenvalue weighted by Crippen LogP contribution is 2.43. The molecular formula is C24H24N3O7+. The molecule has 2 aromatic carbocycles. The van der Waals surface area contributed by atoms with Crippen LogP contribution in [0.4, 0.5) is 11.4 Å². The second-order valence-electron chi connectivity index (χ2n) is 8.82. The maximum atomic E-state index is 13.7. The number of ether oxygens (including phenoxy) is 2. The number of hydrogen-bond acceptors (Lipinski definition) is 7. The predicted molar refractivity (Wildman–Crippen MR) is 119 cm³/mol. The van der Waals surface area contributed by atoms with Gasteiger partial charge in [-0.15, -0.1) is 0 Å². The lowest BCUT2D eigenvalue weighted by atomic mass is 9.85. The van der Waals surface area contributed by atoms with Crippen LogP contribution in [0.5, 0.6) is 11.5 Å². The highest BCUT2D eigenvalue weighted by atomic mass is 16.6. The summed E-state index contributed by atoms with van der Waals surface area (Å²) in [7, 11) is 2.91. The number of nitrogens with zero attached hydrogens (tertiary/aromatic N) is 2. The molecule has 34 heavy (non-hydrogen) atoms. The quantitative estimate of drug-likeness (QED) is 0.292. The Morgan fingerprint density at radius 1 is 1.06 bits per heavy atom. The van der Waals surface area contributed by atoms with Gasteiger partial charge in [0.05, 0.1) is 25.7 Å². The lowest BCUT2D eigenvalue weighted by Crippen LogP contribution is -3.16. The Labute approximate surface area is 195 Å². The van der Waals surface area contributed by atoms with Gasteiger partial charge in [0.15, 0.2) is 6.04 Å². The van der Waals surface area contributed by atoms with Gasteiger partial charge >= 0.3 is 0 Å². The van der Waals surface area contributed by atoms with Crippen LogP contribution in [0.15, 0.2) is 42.5 Å². The second kappa shape index (κ2) is 8.21. The van der Waals surface area contributed by atoms with Crippen LogP contribution in [-0.4, -0.2) is 55.4 Å². The van der Waals surface area contributed by atoms with E-state index in [0.717, 1.165) is 22.6 Å². The van der Waals surface area contributed by atoms with E-state index in [1.54, 1.807) is 24.3 Å². The number of non-ortho nitro benzene ring substituents is 1. The lowest BCUT2D eigenvalue weighted by Gasteiger charge is -2.25. The zero-order chi connectivity index (χ0) is 24.1. The van der Waals surface area contributed by atoms with Crippen molar-refractivity contribution in [3.05, 3.63) is 58.1 Å². The Hall–Kier alpha value is -3.79. The Balaban J connectivity index is 1.56. The number of ketones is 1. The summed E-state index contributed by atoms with van der Waals surface area (Å²) >= 11 is 0. The number of rotatable bonds is 6. The van der Waals surface area contributed by atoms with E-state index in [2.05, 4.69) is 0 Å². The number of benzene rings is 2. The molecule has 3 fully saturated rings. The number of carbonyl (C=O) groups is 3. The Morgan fingerprint density at radius 2 is 1.76 bits per heavy atom. The topological polar surface area (TPSA) is 120 Å². The van der Waals surface area contributed by atoms with Crippen LogP contribution in [-0.2, 0) is 9.59 Å². The fourth-order valence-corrected chi connectivity index (χ4v) is 5.88. The number of amides is 2. The predicted octanol–water partition coefficient (Wildman–Crippen LogP) is 1.03. The largest absolute Gasteiger partial charge is 0.497 e. The summed E-state index contributed by atoms with van der Waals surface area (Å²) < 4.78 is 10.5. The monoisotopic (exact) mass is 466 g/mol. The van der Waals surface area contributed by atoms with E-state index >= 15 is 0 Å². The maximum Gasteiger partial charge on any atom is 0.271 e. The fraction of sp³-hybridized carbons (Fsp3) is 0.375. The summed E-state index contributed by atoms with van der Waals surface area (Å²) in [4.78, 5) is 53.7. The first-order chi connectivity index (χ1) is 16.4. The maximum absolute atomic E-state index is 13.7. The molecular weight excluding hydrogens is 442 g/mol. The minimum absolute atomic E-state index is 0.0382. The van der Waals surface area contributed by atoms with Crippen LogP contribution in [0.2, 0.25) is 0 Å². The standard InChI is InChI=1S/C24H23N3O7/c1-33-15-8-5-13(6-9-15)22(28)21-20-19(16-4-3-11-25(16)21)23(29)26(24(20)30)17-12-14(27(31)32)7-10-18(17)34-2/h5-10,12,16,19-21H,3-4,11H2,1-2H3/p+1/t16-,19+,20+,21+/m0/s1. The van der Waals surface area contributed by atoms with E-state index in [0.29, 0.717) is 17.9 Å². The minimum Gasteiger partial charge on any atom is -0.497 e. The number of fused-ring (bicyclic) bond motifs is 3. The number of quaternary nitrogens is 1. The third kappa shape index (κ3) is 3.17. The van der Waals surface area contributed by atoms with Crippen LogP contribution >= 0.6 is 0 Å². The normalized spacial score (nSPS) is 27.5. The molecule has 1 N–H and O–H groups in total. The molecule has 0 spiro atoms. The van der Waals surface area contributed by atoms with Gasteiger partial charge in [0.2, 0.25) is 17.6 Å². The van der Waals surface area contributed by atoms with Gasteiger partial charge in [0.1, 0.15) is 35.1 Å². The molecule has 3 aliphatic heterocycles. The van der Waals surface area contributed by atoms with E-state index in [4.69, 9.17) is 9.47 Å². The zero-order valence-electron chi connectivity index (χ0n) is 18.7. The van der Waals surface area contributed by atoms with Crippen molar-refractivity contribution in [2.24, 2.45) is 11.8 Å². The molecule has 0 bridgehead atoms. The fourth-order valence-electron chi connectivity index (χ4n) is 5.88. The van der Waals surface area contributed by atoms with Crippen molar-refractivity contribution >= 4 is 29.0 Å². The van der Waals surface area contributed by atoms with Crippen molar-refractivity contribution in [2.45, 2.75) is 24.9 Å². The average molecular weight is 466 g/mol. The van der Waals surface area contributed by atoms with E-state index in [-0.39, 0.29) is 28.9 Å². The number of carbonyl (C=O) groups excluding carboxylic acids is 3. The van der Waals surface area contributed by atoms with Gasteiger partial charge in [-0.1, -0.05) is 0 Å². The number of methoxy groups -OCH3 is 2. The molecule has 0 saturated carbocycles. The second-order valence-corrected chi connectivity index (χ2v) is 8.82. The van der Waals surface area contributed by atoms with Gasteiger partial charge < -0.3 is 14.4 Å². The summed E-state index contributed by atoms with van der Waals surface area (Å²) in [5.74, 6) is -1.81. The first kappa shape index (κ1) is 22.0. The van der Waals surface area contributed by atoms with Crippen LogP contribution in [0, 0.1) is 22.0 Å². The van der Waals surface area contributed by atoms with E-state index < -0.39 is 34.6 Å². The van der Waals surface area contributed by atoms with Gasteiger partial charge in [0.25, 0.3) is 5.69 Å². The molecule has 2 amide bonds. The molecule has 5 rings (SSSR count). The Bertz CT molecular complexity index is 1200. The van der Waals surface area contributed by atoms with Crippen molar-refractivity contribution in [3.8, 4) is 11.5 Å². The number of anilines is 1. The van der Waals surface area contributed by atoms with Crippen molar-refractivity contribution in [1.82, 2.24) is 0 Å². The van der Waals surface area contributed by atoms with Crippen LogP contribution in [0.1, 0.15) is 23.2 Å². The lowest BCUT2D eigenvalue weighted by molar-refractivity contribution is -0.915. The summed E-state index contributed by atoms with van der Waals surface area (Å²) in [6, 6.07) is 9.68. The van der Waals surface area contributed by atoms with Crippen LogP contribution < -0.4 is 19.3 Å². The number of Topliss-reactive ketones (excluding diaryl/α,β-unsaturated/α-hetero) is 1. The minimum atomic E-state index is -0.827. The number of hydrogen-bond donors (Lipinski definition) is 1. The van der Waals surface area contributed by atoms with Gasteiger partial charge in [-0.05, 0) is 30.3 Å². The Morgan fingerprint density at radius 3 is 2.41 bits per heavy atom. The van der Waals surface area contributed by atoms with Crippen molar-refractivity contribution in [2.75, 3.05) is 25.7 Å². The molecule has 10 heteroatoms. The van der Waals surface area contributed by atoms with Gasteiger partial charge in [0, 0.05) is 30.5 Å². The molecule has 1 unspecified atom stereocenters. The highest BCUT2D eigenvalue weighted by Gasteiger charge is 2.68. The molecule has 0 radical (unpaired) electrons. The van der Waals surface area contributed by atoms with Gasteiger partial charge in [-0.25, -0.2) is 4.90 Å². The average Bonchev–Trinajstić information content (AvgIpc) is 3.50. The van der Waals surface area contributed by atoms with Crippen molar-refractivity contribution in [1.29, 1.82) is 0 Å². The molecule has 3 heterocycles. The first-order valence-corrected chi connectivity index (χ1v) is 11.1. The van der Waals surface area contributed by atoms with Gasteiger partial charge in [-0.2, -0.15) is 0 Å². The highest BCUT2D eigenvalue weighted by molar-refractivity contribution is 6.24. The summed E-state index contributed by atoms with van der Waals surface area (Å²) in [5, 5.41) is 11.3.